The van der Waals surface area contributed by atoms with Crippen LogP contribution in [0.1, 0.15) is 18.2 Å². The average molecular weight is 240 g/mol. The van der Waals surface area contributed by atoms with Crippen LogP contribution in [0.25, 0.3) is 10.9 Å². The highest BCUT2D eigenvalue weighted by atomic mass is 16.2. The van der Waals surface area contributed by atoms with E-state index in [0.717, 1.165) is 13.0 Å². The number of carbonyl (C=O) groups excluding carboxylic acids is 1. The molecule has 0 spiro atoms. The number of rotatable bonds is 1. The van der Waals surface area contributed by atoms with Gasteiger partial charge in [0.1, 0.15) is 0 Å². The molecule has 1 aliphatic rings. The van der Waals surface area contributed by atoms with E-state index in [9.17, 15) is 4.79 Å². The molecule has 3 heteroatoms. The van der Waals surface area contributed by atoms with Gasteiger partial charge in [-0.3, -0.25) is 4.79 Å². The molecule has 0 aliphatic carbocycles. The maximum atomic E-state index is 11.9. The Balaban J connectivity index is 1.98. The molecule has 0 unspecified atom stereocenters. The maximum absolute atomic E-state index is 11.9. The molecule has 1 amide bonds. The largest absolute Gasteiger partial charge is 0.358 e. The summed E-state index contributed by atoms with van der Waals surface area (Å²) in [5.41, 5.74) is 3.72. The minimum Gasteiger partial charge on any atom is -0.358 e. The predicted molar refractivity (Wildman–Crippen MR) is 72.2 cm³/mol. The summed E-state index contributed by atoms with van der Waals surface area (Å²) in [6.07, 6.45) is 4.35. The van der Waals surface area contributed by atoms with Gasteiger partial charge < -0.3 is 9.88 Å². The van der Waals surface area contributed by atoms with E-state index in [4.69, 9.17) is 0 Å². The van der Waals surface area contributed by atoms with Gasteiger partial charge in [-0.1, -0.05) is 24.3 Å². The van der Waals surface area contributed by atoms with Crippen molar-refractivity contribution >= 4 is 16.8 Å². The first-order valence-corrected chi connectivity index (χ1v) is 6.29. The number of hydrogen-bond donors (Lipinski definition) is 1. The Labute approximate surface area is 106 Å². The van der Waals surface area contributed by atoms with Gasteiger partial charge in [0, 0.05) is 41.7 Å². The van der Waals surface area contributed by atoms with Crippen molar-refractivity contribution in [3.63, 3.8) is 0 Å². The summed E-state index contributed by atoms with van der Waals surface area (Å²) in [7, 11) is 0. The molecule has 0 radical (unpaired) electrons. The second-order valence-electron chi connectivity index (χ2n) is 4.64. The number of carbonyl (C=O) groups is 1. The van der Waals surface area contributed by atoms with Gasteiger partial charge in [0.15, 0.2) is 0 Å². The Morgan fingerprint density at radius 3 is 3.06 bits per heavy atom. The first-order chi connectivity index (χ1) is 8.79. The summed E-state index contributed by atoms with van der Waals surface area (Å²) in [5.74, 6) is 0.105. The lowest BCUT2D eigenvalue weighted by Crippen LogP contribution is -2.34. The van der Waals surface area contributed by atoms with Gasteiger partial charge in [-0.15, -0.1) is 0 Å². The van der Waals surface area contributed by atoms with Crippen LogP contribution in [-0.2, 0) is 17.8 Å². The number of H-pyrrole nitrogens is 1. The smallest absolute Gasteiger partial charge is 0.246 e. The quantitative estimate of drug-likeness (QED) is 0.764. The normalized spacial score (nSPS) is 15.3. The van der Waals surface area contributed by atoms with E-state index in [1.807, 2.05) is 24.0 Å². The van der Waals surface area contributed by atoms with Crippen LogP contribution in [0.2, 0.25) is 0 Å². The van der Waals surface area contributed by atoms with Crippen LogP contribution in [0, 0.1) is 0 Å². The zero-order chi connectivity index (χ0) is 12.5. The first kappa shape index (κ1) is 11.1. The zero-order valence-corrected chi connectivity index (χ0v) is 10.4. The molecule has 18 heavy (non-hydrogen) atoms. The van der Waals surface area contributed by atoms with Gasteiger partial charge in [0.2, 0.25) is 5.91 Å². The number of benzene rings is 1. The molecule has 2 heterocycles. The summed E-state index contributed by atoms with van der Waals surface area (Å²) in [6, 6.07) is 8.29. The van der Waals surface area contributed by atoms with Crippen LogP contribution >= 0.6 is 0 Å². The van der Waals surface area contributed by atoms with E-state index >= 15 is 0 Å². The lowest BCUT2D eigenvalue weighted by atomic mass is 10.0. The van der Waals surface area contributed by atoms with Crippen LogP contribution in [-0.4, -0.2) is 22.3 Å². The number of nitrogens with one attached hydrogen (secondary N) is 1. The minimum atomic E-state index is 0.105. The average Bonchev–Trinajstić information content (AvgIpc) is 2.76. The third-order valence-corrected chi connectivity index (χ3v) is 3.50. The van der Waals surface area contributed by atoms with Gasteiger partial charge in [-0.25, -0.2) is 0 Å². The molecule has 3 rings (SSSR count). The summed E-state index contributed by atoms with van der Waals surface area (Å²) < 4.78 is 0. The Morgan fingerprint density at radius 2 is 2.22 bits per heavy atom. The fourth-order valence-electron chi connectivity index (χ4n) is 2.60. The number of aromatic amines is 1. The van der Waals surface area contributed by atoms with E-state index in [1.54, 1.807) is 12.2 Å². The number of nitrogens with zero attached hydrogens (tertiary/aromatic N) is 1. The molecule has 1 N–H and O–H groups in total. The SMILES string of the molecule is C/C=C/C(=O)N1CCc2[nH]c3ccccc3c2C1. The lowest BCUT2D eigenvalue weighted by Gasteiger charge is -2.26. The Kier molecular flexibility index (Phi) is 2.67. The molecule has 92 valence electrons. The lowest BCUT2D eigenvalue weighted by molar-refractivity contribution is -0.126. The number of amides is 1. The molecular formula is C15H16N2O. The summed E-state index contributed by atoms with van der Waals surface area (Å²) >= 11 is 0. The van der Waals surface area contributed by atoms with E-state index in [1.165, 1.54) is 22.2 Å². The van der Waals surface area contributed by atoms with E-state index in [2.05, 4.69) is 17.1 Å². The Bertz CT molecular complexity index is 624. The molecule has 0 saturated heterocycles. The summed E-state index contributed by atoms with van der Waals surface area (Å²) in [4.78, 5) is 17.3. The van der Waals surface area contributed by atoms with Crippen molar-refractivity contribution in [3.05, 3.63) is 47.7 Å². The number of para-hydroxylation sites is 1. The predicted octanol–water partition coefficient (Wildman–Crippen LogP) is 2.63. The number of fused-ring (bicyclic) bond motifs is 3. The Hall–Kier alpha value is -2.03. The number of hydrogen-bond acceptors (Lipinski definition) is 1. The fourth-order valence-corrected chi connectivity index (χ4v) is 2.60. The molecule has 0 bridgehead atoms. The number of aromatic nitrogens is 1. The molecular weight excluding hydrogens is 224 g/mol. The maximum Gasteiger partial charge on any atom is 0.246 e. The third-order valence-electron chi connectivity index (χ3n) is 3.50. The van der Waals surface area contributed by atoms with Crippen LogP contribution in [0.15, 0.2) is 36.4 Å². The highest BCUT2D eigenvalue weighted by Crippen LogP contribution is 2.27. The van der Waals surface area contributed by atoms with Gasteiger partial charge in [0.25, 0.3) is 0 Å². The van der Waals surface area contributed by atoms with Crippen molar-refractivity contribution in [1.82, 2.24) is 9.88 Å². The van der Waals surface area contributed by atoms with Gasteiger partial charge in [-0.05, 0) is 19.1 Å². The third kappa shape index (κ3) is 1.72. The zero-order valence-electron chi connectivity index (χ0n) is 10.4. The van der Waals surface area contributed by atoms with Crippen molar-refractivity contribution < 1.29 is 4.79 Å². The monoisotopic (exact) mass is 240 g/mol. The fraction of sp³-hybridized carbons (Fsp3) is 0.267. The van der Waals surface area contributed by atoms with Gasteiger partial charge in [0.05, 0.1) is 0 Å². The second-order valence-corrected chi connectivity index (χ2v) is 4.64. The standard InChI is InChI=1S/C15H16N2O/c1-2-5-15(18)17-9-8-14-12(10-17)11-6-3-4-7-13(11)16-14/h2-7,16H,8-10H2,1H3/b5-2+. The summed E-state index contributed by atoms with van der Waals surface area (Å²) in [5, 5.41) is 1.24. The molecule has 3 nitrogen and oxygen atoms in total. The molecule has 1 aromatic heterocycles. The second kappa shape index (κ2) is 4.33. The molecule has 2 aromatic rings. The molecule has 0 atom stereocenters. The van der Waals surface area contributed by atoms with Gasteiger partial charge in [-0.2, -0.15) is 0 Å². The van der Waals surface area contributed by atoms with E-state index in [0.29, 0.717) is 6.54 Å². The van der Waals surface area contributed by atoms with Gasteiger partial charge >= 0.3 is 0 Å². The highest BCUT2D eigenvalue weighted by Gasteiger charge is 2.22. The number of allylic oxidation sites excluding steroid dienone is 1. The van der Waals surface area contributed by atoms with Crippen molar-refractivity contribution in [2.45, 2.75) is 19.9 Å². The first-order valence-electron chi connectivity index (χ1n) is 6.29. The van der Waals surface area contributed by atoms with Crippen LogP contribution in [0.3, 0.4) is 0 Å². The van der Waals surface area contributed by atoms with Crippen LogP contribution in [0.4, 0.5) is 0 Å². The molecule has 1 aromatic carbocycles. The van der Waals surface area contributed by atoms with Crippen molar-refractivity contribution in [2.24, 2.45) is 0 Å². The van der Waals surface area contributed by atoms with Crippen molar-refractivity contribution in [3.8, 4) is 0 Å². The Morgan fingerprint density at radius 1 is 1.39 bits per heavy atom. The molecule has 0 saturated carbocycles. The molecule has 0 fully saturated rings. The minimum absolute atomic E-state index is 0.105. The summed E-state index contributed by atoms with van der Waals surface area (Å²) in [6.45, 7) is 3.38. The highest BCUT2D eigenvalue weighted by molar-refractivity contribution is 5.89. The van der Waals surface area contributed by atoms with E-state index < -0.39 is 0 Å². The van der Waals surface area contributed by atoms with Crippen molar-refractivity contribution in [1.29, 1.82) is 0 Å². The van der Waals surface area contributed by atoms with Crippen LogP contribution in [0.5, 0.6) is 0 Å². The topological polar surface area (TPSA) is 36.1 Å². The molecule has 1 aliphatic heterocycles. The van der Waals surface area contributed by atoms with Crippen molar-refractivity contribution in [2.75, 3.05) is 6.54 Å². The van der Waals surface area contributed by atoms with E-state index in [-0.39, 0.29) is 5.91 Å². The van der Waals surface area contributed by atoms with Crippen LogP contribution < -0.4 is 0 Å².